The van der Waals surface area contributed by atoms with Gasteiger partial charge in [-0.15, -0.1) is 0 Å². The van der Waals surface area contributed by atoms with E-state index < -0.39 is 0 Å². The molecule has 2 N–H and O–H groups in total. The van der Waals surface area contributed by atoms with Crippen LogP contribution in [0.2, 0.25) is 5.02 Å². The minimum Gasteiger partial charge on any atom is -0.389 e. The molecule has 0 heterocycles. The summed E-state index contributed by atoms with van der Waals surface area (Å²) in [5, 5.41) is 15.3. The summed E-state index contributed by atoms with van der Waals surface area (Å²) in [5.74, 6) is -0.381. The van der Waals surface area contributed by atoms with Crippen molar-refractivity contribution in [3.05, 3.63) is 46.6 Å². The molecule has 1 amide bonds. The van der Waals surface area contributed by atoms with E-state index in [4.69, 9.17) is 21.6 Å². The van der Waals surface area contributed by atoms with Gasteiger partial charge in [0.15, 0.2) is 0 Å². The third kappa shape index (κ3) is 7.11. The van der Waals surface area contributed by atoms with Gasteiger partial charge in [-0.1, -0.05) is 23.7 Å². The number of halogens is 1. The molecule has 0 atom stereocenters. The number of carbonyl (C=O) groups is 1. The summed E-state index contributed by atoms with van der Waals surface area (Å²) in [5.41, 5.74) is 1.15. The molecule has 5 nitrogen and oxygen atoms in total. The number of methoxy groups -OCH3 is 1. The Hall–Kier alpha value is -2.03. The summed E-state index contributed by atoms with van der Waals surface area (Å²) in [6.07, 6.45) is 2.91. The topological polar surface area (TPSA) is 74.1 Å². The van der Waals surface area contributed by atoms with E-state index in [9.17, 15) is 4.79 Å². The molecule has 0 bridgehead atoms. The first-order chi connectivity index (χ1) is 10.7. The predicted octanol–water partition coefficient (Wildman–Crippen LogP) is 2.03. The lowest BCUT2D eigenvalue weighted by Gasteiger charge is -2.05. The zero-order chi connectivity index (χ0) is 16.2. The molecule has 1 aromatic carbocycles. The van der Waals surface area contributed by atoms with Crippen LogP contribution < -0.4 is 10.6 Å². The SMILES string of the molecule is COCCCNC(=O)/C(C#N)=C\NCCc1cccc(Cl)c1. The van der Waals surface area contributed by atoms with E-state index in [1.54, 1.807) is 7.11 Å². The molecular formula is C16H20ClN3O2. The highest BCUT2D eigenvalue weighted by Gasteiger charge is 2.07. The molecule has 0 unspecified atom stereocenters. The highest BCUT2D eigenvalue weighted by atomic mass is 35.5. The Morgan fingerprint density at radius 3 is 2.95 bits per heavy atom. The van der Waals surface area contributed by atoms with Gasteiger partial charge in [0.05, 0.1) is 0 Å². The van der Waals surface area contributed by atoms with Crippen molar-refractivity contribution in [2.75, 3.05) is 26.8 Å². The van der Waals surface area contributed by atoms with Crippen LogP contribution in [0, 0.1) is 11.3 Å². The van der Waals surface area contributed by atoms with Crippen LogP contribution in [0.5, 0.6) is 0 Å². The number of nitrogens with one attached hydrogen (secondary N) is 2. The number of nitrogens with zero attached hydrogens (tertiary/aromatic N) is 1. The van der Waals surface area contributed by atoms with Gasteiger partial charge in [0.1, 0.15) is 11.6 Å². The van der Waals surface area contributed by atoms with Crippen molar-refractivity contribution >= 4 is 17.5 Å². The van der Waals surface area contributed by atoms with E-state index in [2.05, 4.69) is 10.6 Å². The van der Waals surface area contributed by atoms with Crippen LogP contribution in [0.1, 0.15) is 12.0 Å². The van der Waals surface area contributed by atoms with Crippen molar-refractivity contribution in [2.45, 2.75) is 12.8 Å². The van der Waals surface area contributed by atoms with Gasteiger partial charge in [-0.3, -0.25) is 4.79 Å². The van der Waals surface area contributed by atoms with Gasteiger partial charge in [-0.2, -0.15) is 5.26 Å². The van der Waals surface area contributed by atoms with Crippen molar-refractivity contribution < 1.29 is 9.53 Å². The normalized spacial score (nSPS) is 10.9. The molecule has 0 radical (unpaired) electrons. The zero-order valence-electron chi connectivity index (χ0n) is 12.6. The molecule has 0 fully saturated rings. The summed E-state index contributed by atoms with van der Waals surface area (Å²) < 4.78 is 4.89. The lowest BCUT2D eigenvalue weighted by molar-refractivity contribution is -0.117. The number of carbonyl (C=O) groups excluding carboxylic acids is 1. The number of ether oxygens (including phenoxy) is 1. The Kier molecular flexibility index (Phi) is 8.73. The fourth-order valence-corrected chi connectivity index (χ4v) is 1.96. The molecule has 22 heavy (non-hydrogen) atoms. The summed E-state index contributed by atoms with van der Waals surface area (Å²) in [6, 6.07) is 9.46. The van der Waals surface area contributed by atoms with Crippen LogP contribution in [0.3, 0.4) is 0 Å². The number of benzene rings is 1. The summed E-state index contributed by atoms with van der Waals surface area (Å²) in [6.45, 7) is 1.67. The number of rotatable bonds is 9. The second kappa shape index (κ2) is 10.7. The van der Waals surface area contributed by atoms with E-state index in [0.29, 0.717) is 31.1 Å². The lowest BCUT2D eigenvalue weighted by atomic mass is 10.1. The minimum absolute atomic E-state index is 0.0588. The molecule has 0 aromatic heterocycles. The first-order valence-electron chi connectivity index (χ1n) is 7.02. The van der Waals surface area contributed by atoms with Crippen LogP contribution >= 0.6 is 11.6 Å². The van der Waals surface area contributed by atoms with Crippen molar-refractivity contribution in [1.29, 1.82) is 5.26 Å². The minimum atomic E-state index is -0.381. The largest absolute Gasteiger partial charge is 0.389 e. The van der Waals surface area contributed by atoms with Gasteiger partial charge >= 0.3 is 0 Å². The van der Waals surface area contributed by atoms with Gasteiger partial charge in [0.2, 0.25) is 0 Å². The van der Waals surface area contributed by atoms with E-state index >= 15 is 0 Å². The van der Waals surface area contributed by atoms with Crippen molar-refractivity contribution in [3.8, 4) is 6.07 Å². The average molecular weight is 322 g/mol. The van der Waals surface area contributed by atoms with Gasteiger partial charge in [0, 0.05) is 38.0 Å². The molecule has 0 aliphatic heterocycles. The van der Waals surface area contributed by atoms with Gasteiger partial charge in [0.25, 0.3) is 5.91 Å². The molecule has 1 aromatic rings. The first kappa shape index (κ1) is 18.0. The van der Waals surface area contributed by atoms with Crippen LogP contribution in [0.15, 0.2) is 36.0 Å². The van der Waals surface area contributed by atoms with E-state index in [1.165, 1.54) is 6.20 Å². The zero-order valence-corrected chi connectivity index (χ0v) is 13.3. The fourth-order valence-electron chi connectivity index (χ4n) is 1.75. The highest BCUT2D eigenvalue weighted by Crippen LogP contribution is 2.10. The highest BCUT2D eigenvalue weighted by molar-refractivity contribution is 6.30. The Bertz CT molecular complexity index is 553. The van der Waals surface area contributed by atoms with Gasteiger partial charge in [-0.05, 0) is 30.5 Å². The number of hydrogen-bond donors (Lipinski definition) is 2. The Labute approximate surface area is 135 Å². The first-order valence-corrected chi connectivity index (χ1v) is 7.40. The van der Waals surface area contributed by atoms with Crippen LogP contribution in [0.25, 0.3) is 0 Å². The molecule has 0 saturated carbocycles. The molecule has 0 aliphatic rings. The Balaban J connectivity index is 2.35. The molecule has 0 spiro atoms. The maximum Gasteiger partial charge on any atom is 0.263 e. The lowest BCUT2D eigenvalue weighted by Crippen LogP contribution is -2.27. The smallest absolute Gasteiger partial charge is 0.263 e. The molecule has 1 rings (SSSR count). The number of amides is 1. The quantitative estimate of drug-likeness (QED) is 0.414. The van der Waals surface area contributed by atoms with Crippen molar-refractivity contribution in [1.82, 2.24) is 10.6 Å². The molecule has 6 heteroatoms. The second-order valence-corrected chi connectivity index (χ2v) is 5.04. The molecule has 118 valence electrons. The third-order valence-corrected chi connectivity index (χ3v) is 3.10. The van der Waals surface area contributed by atoms with Gasteiger partial charge in [-0.25, -0.2) is 0 Å². The monoisotopic (exact) mass is 321 g/mol. The van der Waals surface area contributed by atoms with Crippen molar-refractivity contribution in [3.63, 3.8) is 0 Å². The third-order valence-electron chi connectivity index (χ3n) is 2.87. The molecule has 0 saturated heterocycles. The second-order valence-electron chi connectivity index (χ2n) is 4.61. The van der Waals surface area contributed by atoms with Crippen LogP contribution in [0.4, 0.5) is 0 Å². The predicted molar refractivity (Wildman–Crippen MR) is 86.4 cm³/mol. The summed E-state index contributed by atoms with van der Waals surface area (Å²) in [7, 11) is 1.60. The van der Waals surface area contributed by atoms with Crippen LogP contribution in [-0.2, 0) is 16.0 Å². The average Bonchev–Trinajstić information content (AvgIpc) is 2.51. The Morgan fingerprint density at radius 1 is 1.45 bits per heavy atom. The molecule has 0 aliphatic carbocycles. The standard InChI is InChI=1S/C16H20ClN3O2/c1-22-9-3-7-20-16(21)14(11-18)12-19-8-6-13-4-2-5-15(17)10-13/h2,4-5,10,12,19H,3,6-9H2,1H3,(H,20,21)/b14-12-. The fraction of sp³-hybridized carbons (Fsp3) is 0.375. The molecular weight excluding hydrogens is 302 g/mol. The van der Waals surface area contributed by atoms with E-state index in [1.807, 2.05) is 30.3 Å². The van der Waals surface area contributed by atoms with E-state index in [-0.39, 0.29) is 11.5 Å². The van der Waals surface area contributed by atoms with Crippen LogP contribution in [-0.4, -0.2) is 32.7 Å². The summed E-state index contributed by atoms with van der Waals surface area (Å²) in [4.78, 5) is 11.7. The van der Waals surface area contributed by atoms with Gasteiger partial charge < -0.3 is 15.4 Å². The maximum absolute atomic E-state index is 11.7. The number of nitriles is 1. The Morgan fingerprint density at radius 2 is 2.27 bits per heavy atom. The maximum atomic E-state index is 11.7. The van der Waals surface area contributed by atoms with Crippen molar-refractivity contribution in [2.24, 2.45) is 0 Å². The van der Waals surface area contributed by atoms with E-state index in [0.717, 1.165) is 12.0 Å². The number of hydrogen-bond acceptors (Lipinski definition) is 4. The summed E-state index contributed by atoms with van der Waals surface area (Å²) >= 11 is 5.91.